The zero-order valence-electron chi connectivity index (χ0n) is 39.0. The lowest BCUT2D eigenvalue weighted by atomic mass is 9.84. The van der Waals surface area contributed by atoms with Gasteiger partial charge in [0, 0.05) is 73.8 Å². The summed E-state index contributed by atoms with van der Waals surface area (Å²) in [6.45, 7) is 15.6. The molecule has 17 heteroatoms. The molecule has 65 heavy (non-hydrogen) atoms. The number of urea groups is 1. The summed E-state index contributed by atoms with van der Waals surface area (Å²) < 4.78 is 25.9. The molecule has 4 aliphatic rings. The van der Waals surface area contributed by atoms with Gasteiger partial charge in [0.15, 0.2) is 0 Å². The van der Waals surface area contributed by atoms with Crippen molar-refractivity contribution in [1.82, 2.24) is 40.1 Å². The van der Waals surface area contributed by atoms with Gasteiger partial charge >= 0.3 is 6.03 Å². The SMILES string of the molecule is CCn1c(-c2cccnc2[C@H](C)OC)c2c3cc(ccc31)-c1csc(n1)C[C@H](NC(=O)[C@H](C(C)C)N(C)C(=O)N1CCOCC13COC3)C(=O)N1CCCC(C=O)(COCC(C)(C)C2)N1. The number of hydrazine groups is 1. The van der Waals surface area contributed by atoms with Crippen LogP contribution in [0.25, 0.3) is 33.4 Å². The van der Waals surface area contributed by atoms with Crippen LogP contribution in [0.5, 0.6) is 0 Å². The number of rotatable bonds is 9. The van der Waals surface area contributed by atoms with Gasteiger partial charge in [0.1, 0.15) is 29.4 Å². The topological polar surface area (TPSA) is 170 Å². The molecule has 1 aromatic carbocycles. The van der Waals surface area contributed by atoms with Gasteiger partial charge in [0.05, 0.1) is 67.8 Å². The largest absolute Gasteiger partial charge is 0.378 e. The number of aromatic nitrogens is 3. The number of pyridine rings is 1. The molecule has 8 rings (SSSR count). The number of nitrogens with one attached hydrogen (secondary N) is 2. The fourth-order valence-corrected chi connectivity index (χ4v) is 10.9. The van der Waals surface area contributed by atoms with Crippen LogP contribution in [0.4, 0.5) is 4.79 Å². The second-order valence-corrected chi connectivity index (χ2v) is 20.3. The Bertz CT molecular complexity index is 2410. The predicted octanol–water partition coefficient (Wildman–Crippen LogP) is 5.42. The number of fused-ring (bicyclic) bond motifs is 6. The number of hydrogen-bond donors (Lipinski definition) is 2. The first kappa shape index (κ1) is 46.7. The van der Waals surface area contributed by atoms with Gasteiger partial charge in [-0.1, -0.05) is 33.8 Å². The second-order valence-electron chi connectivity index (χ2n) is 19.3. The molecule has 2 N–H and O–H groups in total. The van der Waals surface area contributed by atoms with E-state index in [4.69, 9.17) is 28.9 Å². The molecular weight excluding hydrogens is 849 g/mol. The van der Waals surface area contributed by atoms with Crippen LogP contribution in [0.3, 0.4) is 0 Å². The van der Waals surface area contributed by atoms with Gasteiger partial charge in [0.25, 0.3) is 5.91 Å². The number of carbonyl (C=O) groups is 4. The molecule has 4 amide bonds. The molecule has 0 saturated carbocycles. The smallest absolute Gasteiger partial charge is 0.321 e. The van der Waals surface area contributed by atoms with E-state index in [1.807, 2.05) is 32.2 Å². The molecule has 0 aliphatic carbocycles. The van der Waals surface area contributed by atoms with Crippen molar-refractivity contribution in [1.29, 1.82) is 0 Å². The van der Waals surface area contributed by atoms with E-state index < -0.39 is 40.4 Å². The van der Waals surface area contributed by atoms with Crippen LogP contribution in [-0.4, -0.2) is 144 Å². The van der Waals surface area contributed by atoms with Crippen molar-refractivity contribution in [2.75, 3.05) is 66.9 Å². The molecule has 1 spiro atoms. The van der Waals surface area contributed by atoms with Crippen LogP contribution >= 0.6 is 11.3 Å². The number of methoxy groups -OCH3 is 1. The summed E-state index contributed by atoms with van der Waals surface area (Å²) in [6.07, 6.45) is 4.14. The summed E-state index contributed by atoms with van der Waals surface area (Å²) >= 11 is 1.42. The van der Waals surface area contributed by atoms with E-state index in [0.717, 1.165) is 51.0 Å². The van der Waals surface area contributed by atoms with Crippen LogP contribution in [0.2, 0.25) is 0 Å². The molecular formula is C48H64N8O8S. The number of thiazole rings is 1. The summed E-state index contributed by atoms with van der Waals surface area (Å²) in [5.74, 6) is -1.17. The van der Waals surface area contributed by atoms with Crippen molar-refractivity contribution in [2.45, 2.75) is 103 Å². The number of aryl methyl sites for hydroxylation is 1. The molecule has 16 nitrogen and oxygen atoms in total. The zero-order chi connectivity index (χ0) is 46.3. The normalized spacial score (nSPS) is 23.2. The van der Waals surface area contributed by atoms with Gasteiger partial charge in [-0.05, 0) is 74.3 Å². The van der Waals surface area contributed by atoms with E-state index in [1.165, 1.54) is 21.2 Å². The summed E-state index contributed by atoms with van der Waals surface area (Å²) in [7, 11) is 3.33. The highest BCUT2D eigenvalue weighted by atomic mass is 32.1. The standard InChI is InChI=1S/C48H64N8O8S/c1-9-54-38-14-13-32-20-34(38)35(42(54)33-12-10-16-49-40(33)31(4)61-8)22-46(5,6)25-63-26-47(24-57)15-11-17-56(52-47)44(59)36(21-39-50-37(32)23-65-39)51-43(58)41(30(2)3)53(7)45(60)55-18-19-62-27-48(55)28-64-29-48/h10,12-14,16,20,23-24,30-31,36,41,52H,9,11,15,17-19,21-22,25-29H2,1-8H3,(H,51,58)/t31-,36-,41-,47?/m0/s1. The molecule has 4 aromatic rings. The Kier molecular flexibility index (Phi) is 13.5. The van der Waals surface area contributed by atoms with Gasteiger partial charge in [-0.25, -0.2) is 15.2 Å². The second kappa shape index (κ2) is 18.8. The first-order valence-electron chi connectivity index (χ1n) is 22.9. The highest BCUT2D eigenvalue weighted by molar-refractivity contribution is 7.10. The number of carbonyl (C=O) groups excluding carboxylic acids is 4. The van der Waals surface area contributed by atoms with Gasteiger partial charge in [-0.15, -0.1) is 11.3 Å². The van der Waals surface area contributed by atoms with E-state index in [9.17, 15) is 19.2 Å². The predicted molar refractivity (Wildman–Crippen MR) is 247 cm³/mol. The minimum Gasteiger partial charge on any atom is -0.378 e. The lowest BCUT2D eigenvalue weighted by molar-refractivity contribution is -0.182. The third-order valence-corrected chi connectivity index (χ3v) is 14.4. The minimum atomic E-state index is -1.18. The number of amides is 4. The molecule has 4 atom stereocenters. The Hall–Kier alpha value is -4.78. The number of nitrogens with zero attached hydrogens (tertiary/aromatic N) is 6. The van der Waals surface area contributed by atoms with Crippen molar-refractivity contribution < 1.29 is 38.1 Å². The van der Waals surface area contributed by atoms with E-state index in [0.29, 0.717) is 76.9 Å². The van der Waals surface area contributed by atoms with Gasteiger partial charge in [-0.2, -0.15) is 0 Å². The van der Waals surface area contributed by atoms with E-state index in [2.05, 4.69) is 60.3 Å². The molecule has 6 bridgehead atoms. The van der Waals surface area contributed by atoms with Crippen molar-refractivity contribution in [3.63, 3.8) is 0 Å². The zero-order valence-corrected chi connectivity index (χ0v) is 39.8. The van der Waals surface area contributed by atoms with Crippen molar-refractivity contribution in [3.05, 3.63) is 58.2 Å². The Balaban J connectivity index is 1.18. The van der Waals surface area contributed by atoms with Crippen LogP contribution in [0.1, 0.15) is 76.8 Å². The molecule has 7 heterocycles. The summed E-state index contributed by atoms with van der Waals surface area (Å²) in [5.41, 5.74) is 7.95. The monoisotopic (exact) mass is 912 g/mol. The number of ether oxygens (including phenoxy) is 4. The maximum atomic E-state index is 14.8. The number of likely N-dealkylation sites (N-methyl/N-ethyl adjacent to an activating group) is 1. The van der Waals surface area contributed by atoms with E-state index in [-0.39, 0.29) is 31.1 Å². The Morgan fingerprint density at radius 1 is 1.09 bits per heavy atom. The third-order valence-electron chi connectivity index (χ3n) is 13.5. The van der Waals surface area contributed by atoms with Crippen molar-refractivity contribution >= 4 is 46.4 Å². The molecule has 3 saturated heterocycles. The number of benzene rings is 1. The fraction of sp³-hybridized carbons (Fsp3) is 0.583. The highest BCUT2D eigenvalue weighted by Gasteiger charge is 2.51. The van der Waals surface area contributed by atoms with Crippen LogP contribution in [-0.2, 0) is 52.7 Å². The number of hydrogen-bond acceptors (Lipinski definition) is 12. The maximum Gasteiger partial charge on any atom is 0.321 e. The quantitative estimate of drug-likeness (QED) is 0.206. The highest BCUT2D eigenvalue weighted by Crippen LogP contribution is 2.42. The average Bonchev–Trinajstić information content (AvgIpc) is 3.88. The fourth-order valence-electron chi connectivity index (χ4n) is 10.0. The first-order valence-corrected chi connectivity index (χ1v) is 23.7. The molecule has 350 valence electrons. The first-order chi connectivity index (χ1) is 31.1. The summed E-state index contributed by atoms with van der Waals surface area (Å²) in [4.78, 5) is 69.8. The minimum absolute atomic E-state index is 0.0405. The van der Waals surface area contributed by atoms with E-state index in [1.54, 1.807) is 25.3 Å². The van der Waals surface area contributed by atoms with Crippen LogP contribution < -0.4 is 10.7 Å². The maximum absolute atomic E-state index is 14.8. The average molecular weight is 913 g/mol. The Morgan fingerprint density at radius 2 is 1.86 bits per heavy atom. The molecule has 3 aromatic heterocycles. The van der Waals surface area contributed by atoms with Gasteiger partial charge in [0.2, 0.25) is 5.91 Å². The molecule has 0 radical (unpaired) electrons. The van der Waals surface area contributed by atoms with Crippen molar-refractivity contribution in [2.24, 2.45) is 11.3 Å². The lowest BCUT2D eigenvalue weighted by Crippen LogP contribution is -2.71. The van der Waals surface area contributed by atoms with Crippen LogP contribution in [0, 0.1) is 11.3 Å². The molecule has 1 unspecified atom stereocenters. The summed E-state index contributed by atoms with van der Waals surface area (Å²) in [6, 6.07) is 8.25. The number of aldehydes is 1. The molecule has 4 aliphatic heterocycles. The Labute approximate surface area is 385 Å². The molecule has 3 fully saturated rings. The third kappa shape index (κ3) is 9.07. The van der Waals surface area contributed by atoms with Crippen molar-refractivity contribution in [3.8, 4) is 22.5 Å². The Morgan fingerprint density at radius 3 is 2.57 bits per heavy atom. The number of morpholine rings is 1. The lowest BCUT2D eigenvalue weighted by Gasteiger charge is -2.52. The van der Waals surface area contributed by atoms with Gasteiger partial charge in [-0.3, -0.25) is 19.6 Å². The summed E-state index contributed by atoms with van der Waals surface area (Å²) in [5, 5.41) is 8.24. The van der Waals surface area contributed by atoms with Gasteiger partial charge < -0.3 is 43.4 Å². The van der Waals surface area contributed by atoms with E-state index >= 15 is 0 Å². The van der Waals surface area contributed by atoms with Crippen LogP contribution in [0.15, 0.2) is 41.9 Å².